The van der Waals surface area contributed by atoms with Gasteiger partial charge >= 0.3 is 0 Å². The van der Waals surface area contributed by atoms with E-state index in [1.807, 2.05) is 0 Å². The topological polar surface area (TPSA) is 56.7 Å². The van der Waals surface area contributed by atoms with E-state index in [0.717, 1.165) is 16.3 Å². The Morgan fingerprint density at radius 2 is 2.24 bits per heavy atom. The summed E-state index contributed by atoms with van der Waals surface area (Å²) < 4.78 is 0.893. The van der Waals surface area contributed by atoms with Gasteiger partial charge in [-0.05, 0) is 61.5 Å². The summed E-state index contributed by atoms with van der Waals surface area (Å²) in [5.74, 6) is 1.85. The van der Waals surface area contributed by atoms with Gasteiger partial charge in [-0.2, -0.15) is 5.10 Å². The molecule has 4 nitrogen and oxygen atoms in total. The highest BCUT2D eigenvalue weighted by molar-refractivity contribution is 9.10. The highest BCUT2D eigenvalue weighted by Crippen LogP contribution is 2.44. The Kier molecular flexibility index (Phi) is 4.45. The minimum absolute atomic E-state index is 0.190. The molecule has 1 aromatic carbocycles. The number of fused-ring (bicyclic) bond motifs is 2. The number of phenolic OH excluding ortho intramolecular Hbond substituents is 1. The van der Waals surface area contributed by atoms with Crippen molar-refractivity contribution in [1.29, 1.82) is 0 Å². The summed E-state index contributed by atoms with van der Waals surface area (Å²) in [5, 5.41) is 17.7. The molecule has 3 rings (SSSR count). The lowest BCUT2D eigenvalue weighted by molar-refractivity contribution is 0.389. The van der Waals surface area contributed by atoms with Crippen LogP contribution in [-0.2, 0) is 0 Å². The Labute approximate surface area is 138 Å². The minimum Gasteiger partial charge on any atom is -0.507 e. The van der Waals surface area contributed by atoms with Gasteiger partial charge in [0.2, 0.25) is 0 Å². The van der Waals surface area contributed by atoms with Crippen molar-refractivity contribution in [2.45, 2.75) is 31.7 Å². The Balaban J connectivity index is 1.51. The lowest BCUT2D eigenvalue weighted by Gasteiger charge is -2.23. The summed E-state index contributed by atoms with van der Waals surface area (Å²) in [6.45, 7) is 0. The Hall–Kier alpha value is -1.14. The normalized spacial score (nSPS) is 27.2. The third-order valence-corrected chi connectivity index (χ3v) is 5.12. The second-order valence-corrected chi connectivity index (χ2v) is 7.15. The fraction of sp³-hybridized carbons (Fsp3) is 0.467. The van der Waals surface area contributed by atoms with Gasteiger partial charge in [0.25, 0.3) is 0 Å². The Morgan fingerprint density at radius 3 is 2.95 bits per heavy atom. The average Bonchev–Trinajstić information content (AvgIpc) is 3.05. The van der Waals surface area contributed by atoms with Crippen LogP contribution < -0.4 is 10.7 Å². The summed E-state index contributed by atoms with van der Waals surface area (Å²) in [6, 6.07) is 5.70. The molecular formula is C15H18BrN3OS. The van der Waals surface area contributed by atoms with Crippen LogP contribution in [0.4, 0.5) is 0 Å². The fourth-order valence-electron chi connectivity index (χ4n) is 3.41. The molecule has 3 N–H and O–H groups in total. The zero-order valence-corrected chi connectivity index (χ0v) is 14.0. The number of nitrogens with one attached hydrogen (secondary N) is 2. The standard InChI is InChI=1S/C15H18BrN3OS/c16-12-3-4-14(20)11(7-12)8-17-19-15(21)18-13-6-9-1-2-10(13)5-9/h3-4,7-10,13,20H,1-2,5-6H2,(H2,18,19,21)/b17-8-/t9-,10-,13-/m0/s1. The summed E-state index contributed by atoms with van der Waals surface area (Å²) in [7, 11) is 0. The molecule has 6 heteroatoms. The maximum Gasteiger partial charge on any atom is 0.187 e. The summed E-state index contributed by atoms with van der Waals surface area (Å²) in [4.78, 5) is 0. The highest BCUT2D eigenvalue weighted by Gasteiger charge is 2.39. The summed E-state index contributed by atoms with van der Waals surface area (Å²) in [5.41, 5.74) is 3.47. The Bertz CT molecular complexity index is 578. The van der Waals surface area contributed by atoms with Gasteiger partial charge in [-0.15, -0.1) is 0 Å². The van der Waals surface area contributed by atoms with Crippen LogP contribution in [0.1, 0.15) is 31.2 Å². The number of rotatable bonds is 3. The molecule has 1 aromatic rings. The first-order valence-corrected chi connectivity index (χ1v) is 8.40. The first-order valence-electron chi connectivity index (χ1n) is 7.20. The van der Waals surface area contributed by atoms with Crippen molar-refractivity contribution in [3.8, 4) is 5.75 Å². The molecule has 0 heterocycles. The van der Waals surface area contributed by atoms with E-state index in [1.54, 1.807) is 24.4 Å². The lowest BCUT2D eigenvalue weighted by Crippen LogP contribution is -2.42. The van der Waals surface area contributed by atoms with Gasteiger partial charge in [0, 0.05) is 16.1 Å². The van der Waals surface area contributed by atoms with Gasteiger partial charge in [0.05, 0.1) is 6.21 Å². The second kappa shape index (κ2) is 6.32. The number of aromatic hydroxyl groups is 1. The highest BCUT2D eigenvalue weighted by atomic mass is 79.9. The number of thiocarbonyl (C=S) groups is 1. The molecule has 0 spiro atoms. The number of benzene rings is 1. The van der Waals surface area contributed by atoms with E-state index < -0.39 is 0 Å². The van der Waals surface area contributed by atoms with Gasteiger partial charge in [-0.1, -0.05) is 22.4 Å². The molecule has 0 aromatic heterocycles. The quantitative estimate of drug-likeness (QED) is 0.436. The van der Waals surface area contributed by atoms with Gasteiger partial charge in [0.1, 0.15) is 5.75 Å². The molecule has 2 saturated carbocycles. The fourth-order valence-corrected chi connectivity index (χ4v) is 3.99. The van der Waals surface area contributed by atoms with Crippen LogP contribution in [-0.4, -0.2) is 22.5 Å². The molecule has 21 heavy (non-hydrogen) atoms. The number of hydrogen-bond donors (Lipinski definition) is 3. The molecule has 0 saturated heterocycles. The average molecular weight is 368 g/mol. The van der Waals surface area contributed by atoms with Crippen molar-refractivity contribution in [2.75, 3.05) is 0 Å². The van der Waals surface area contributed by atoms with Crippen LogP contribution in [0.5, 0.6) is 5.75 Å². The Morgan fingerprint density at radius 1 is 1.38 bits per heavy atom. The molecule has 2 aliphatic carbocycles. The number of hydrogen-bond acceptors (Lipinski definition) is 3. The maximum absolute atomic E-state index is 9.71. The van der Waals surface area contributed by atoms with Crippen LogP contribution >= 0.6 is 28.1 Å². The van der Waals surface area contributed by atoms with E-state index in [4.69, 9.17) is 12.2 Å². The zero-order valence-electron chi connectivity index (χ0n) is 11.6. The number of phenols is 1. The third kappa shape index (κ3) is 3.55. The van der Waals surface area contributed by atoms with Crippen molar-refractivity contribution in [1.82, 2.24) is 10.7 Å². The van der Waals surface area contributed by atoms with E-state index >= 15 is 0 Å². The van der Waals surface area contributed by atoms with Gasteiger partial charge in [0.15, 0.2) is 5.11 Å². The van der Waals surface area contributed by atoms with Crippen molar-refractivity contribution in [2.24, 2.45) is 16.9 Å². The van der Waals surface area contributed by atoms with Gasteiger partial charge in [-0.25, -0.2) is 0 Å². The summed E-state index contributed by atoms with van der Waals surface area (Å²) in [6.07, 6.45) is 6.83. The third-order valence-electron chi connectivity index (χ3n) is 4.41. The van der Waals surface area contributed by atoms with E-state index in [2.05, 4.69) is 31.8 Å². The molecule has 3 atom stereocenters. The van der Waals surface area contributed by atoms with Crippen LogP contribution in [0.2, 0.25) is 0 Å². The summed E-state index contributed by atoms with van der Waals surface area (Å²) >= 11 is 8.64. The van der Waals surface area contributed by atoms with Crippen molar-refractivity contribution >= 4 is 39.5 Å². The minimum atomic E-state index is 0.190. The van der Waals surface area contributed by atoms with Crippen LogP contribution in [0.25, 0.3) is 0 Å². The maximum atomic E-state index is 9.71. The number of nitrogens with zero attached hydrogens (tertiary/aromatic N) is 1. The predicted molar refractivity (Wildman–Crippen MR) is 91.5 cm³/mol. The SMILES string of the molecule is Oc1ccc(Br)cc1/C=N\NC(=S)N[C@H]1C[C@H]2CC[C@H]1C2. The molecular weight excluding hydrogens is 350 g/mol. The molecule has 2 fully saturated rings. The van der Waals surface area contributed by atoms with Crippen LogP contribution in [0.15, 0.2) is 27.8 Å². The molecule has 0 aliphatic heterocycles. The first-order chi connectivity index (χ1) is 10.1. The van der Waals surface area contributed by atoms with Crippen molar-refractivity contribution in [3.63, 3.8) is 0 Å². The lowest BCUT2D eigenvalue weighted by atomic mass is 9.96. The number of hydrazone groups is 1. The van der Waals surface area contributed by atoms with E-state index in [1.165, 1.54) is 25.7 Å². The van der Waals surface area contributed by atoms with Gasteiger partial charge in [-0.3, -0.25) is 5.43 Å². The monoisotopic (exact) mass is 367 g/mol. The van der Waals surface area contributed by atoms with E-state index in [-0.39, 0.29) is 5.75 Å². The second-order valence-electron chi connectivity index (χ2n) is 5.83. The molecule has 0 radical (unpaired) electrons. The van der Waals surface area contributed by atoms with E-state index in [0.29, 0.717) is 16.7 Å². The van der Waals surface area contributed by atoms with E-state index in [9.17, 15) is 5.11 Å². The van der Waals surface area contributed by atoms with Crippen molar-refractivity contribution in [3.05, 3.63) is 28.2 Å². The number of halogens is 1. The van der Waals surface area contributed by atoms with Crippen LogP contribution in [0.3, 0.4) is 0 Å². The first kappa shape index (κ1) is 14.8. The van der Waals surface area contributed by atoms with Crippen LogP contribution in [0, 0.1) is 11.8 Å². The largest absolute Gasteiger partial charge is 0.507 e. The molecule has 0 amide bonds. The smallest absolute Gasteiger partial charge is 0.187 e. The molecule has 112 valence electrons. The molecule has 0 unspecified atom stereocenters. The zero-order chi connectivity index (χ0) is 14.8. The predicted octanol–water partition coefficient (Wildman–Crippen LogP) is 3.14. The van der Waals surface area contributed by atoms with Gasteiger partial charge < -0.3 is 10.4 Å². The van der Waals surface area contributed by atoms with Crippen molar-refractivity contribution < 1.29 is 5.11 Å². The molecule has 2 aliphatic rings. The molecule has 2 bridgehead atoms.